The van der Waals surface area contributed by atoms with Crippen molar-refractivity contribution in [1.82, 2.24) is 24.5 Å². The standard InChI is InChI=1S/C19H24N6O2S/c1-6-25-17(15-10-24(4)23-18(15)27-5)21-22-19(25)28-11-16(26)20-14-8-12(2)7-13(3)9-14/h7-10H,6,11H2,1-5H3,(H,20,26). The molecule has 28 heavy (non-hydrogen) atoms. The Bertz CT molecular complexity index is 974. The fraction of sp³-hybridized carbons (Fsp3) is 0.368. The molecule has 0 aliphatic rings. The molecule has 0 radical (unpaired) electrons. The van der Waals surface area contributed by atoms with E-state index in [1.54, 1.807) is 11.8 Å². The van der Waals surface area contributed by atoms with Crippen molar-refractivity contribution in [2.75, 3.05) is 18.2 Å². The number of thioether (sulfide) groups is 1. The van der Waals surface area contributed by atoms with Crippen LogP contribution >= 0.6 is 11.8 Å². The Hall–Kier alpha value is -2.81. The summed E-state index contributed by atoms with van der Waals surface area (Å²) in [5, 5.41) is 16.4. The Morgan fingerprint density at radius 3 is 2.57 bits per heavy atom. The molecule has 2 aromatic heterocycles. The second kappa shape index (κ2) is 8.47. The minimum absolute atomic E-state index is 0.0823. The van der Waals surface area contributed by atoms with E-state index in [4.69, 9.17) is 4.74 Å². The third-order valence-corrected chi connectivity index (χ3v) is 5.07. The highest BCUT2D eigenvalue weighted by Gasteiger charge is 2.20. The zero-order valence-corrected chi connectivity index (χ0v) is 17.5. The average Bonchev–Trinajstić information content (AvgIpc) is 3.21. The maximum Gasteiger partial charge on any atom is 0.243 e. The summed E-state index contributed by atoms with van der Waals surface area (Å²) in [6.45, 7) is 6.70. The number of ether oxygens (including phenoxy) is 1. The molecule has 0 aliphatic heterocycles. The van der Waals surface area contributed by atoms with Crippen molar-refractivity contribution in [2.24, 2.45) is 7.05 Å². The molecule has 9 heteroatoms. The van der Waals surface area contributed by atoms with Gasteiger partial charge in [-0.25, -0.2) is 0 Å². The number of rotatable bonds is 7. The summed E-state index contributed by atoms with van der Waals surface area (Å²) in [4.78, 5) is 12.4. The van der Waals surface area contributed by atoms with E-state index < -0.39 is 0 Å². The van der Waals surface area contributed by atoms with Gasteiger partial charge in [0.25, 0.3) is 0 Å². The molecule has 0 spiro atoms. The van der Waals surface area contributed by atoms with Gasteiger partial charge in [-0.1, -0.05) is 17.8 Å². The molecule has 8 nitrogen and oxygen atoms in total. The predicted octanol–water partition coefficient (Wildman–Crippen LogP) is 3.05. The van der Waals surface area contributed by atoms with Gasteiger partial charge < -0.3 is 14.6 Å². The lowest BCUT2D eigenvalue weighted by atomic mass is 10.1. The minimum atomic E-state index is -0.0823. The predicted molar refractivity (Wildman–Crippen MR) is 110 cm³/mol. The number of carbonyl (C=O) groups is 1. The Kier molecular flexibility index (Phi) is 6.03. The topological polar surface area (TPSA) is 86.9 Å². The van der Waals surface area contributed by atoms with E-state index in [0.717, 1.165) is 22.4 Å². The molecule has 1 N–H and O–H groups in total. The summed E-state index contributed by atoms with van der Waals surface area (Å²) in [5.74, 6) is 1.33. The smallest absolute Gasteiger partial charge is 0.243 e. The molecule has 0 unspecified atom stereocenters. The fourth-order valence-electron chi connectivity index (χ4n) is 3.03. The van der Waals surface area contributed by atoms with E-state index in [-0.39, 0.29) is 11.7 Å². The van der Waals surface area contributed by atoms with E-state index >= 15 is 0 Å². The molecule has 0 saturated heterocycles. The lowest BCUT2D eigenvalue weighted by Crippen LogP contribution is -2.15. The van der Waals surface area contributed by atoms with Crippen molar-refractivity contribution in [2.45, 2.75) is 32.5 Å². The van der Waals surface area contributed by atoms with Crippen LogP contribution in [0.1, 0.15) is 18.1 Å². The van der Waals surface area contributed by atoms with Crippen LogP contribution in [0.3, 0.4) is 0 Å². The molecule has 3 rings (SSSR count). The van der Waals surface area contributed by atoms with Crippen LogP contribution in [-0.4, -0.2) is 43.3 Å². The number of hydrogen-bond acceptors (Lipinski definition) is 6. The van der Waals surface area contributed by atoms with Crippen LogP contribution in [0.4, 0.5) is 5.69 Å². The zero-order valence-electron chi connectivity index (χ0n) is 16.7. The van der Waals surface area contributed by atoms with Gasteiger partial charge in [0.2, 0.25) is 11.8 Å². The first kappa shape index (κ1) is 19.9. The second-order valence-corrected chi connectivity index (χ2v) is 7.43. The molecule has 0 saturated carbocycles. The summed E-state index contributed by atoms with van der Waals surface area (Å²) in [7, 11) is 3.40. The zero-order chi connectivity index (χ0) is 20.3. The Morgan fingerprint density at radius 2 is 1.93 bits per heavy atom. The number of methoxy groups -OCH3 is 1. The number of aryl methyl sites for hydroxylation is 3. The van der Waals surface area contributed by atoms with Gasteiger partial charge in [0.05, 0.1) is 12.9 Å². The second-order valence-electron chi connectivity index (χ2n) is 6.49. The van der Waals surface area contributed by atoms with E-state index in [2.05, 4.69) is 26.7 Å². The summed E-state index contributed by atoms with van der Waals surface area (Å²) in [6.07, 6.45) is 1.84. The molecule has 1 amide bonds. The van der Waals surface area contributed by atoms with E-state index in [9.17, 15) is 4.79 Å². The van der Waals surface area contributed by atoms with Crippen molar-refractivity contribution in [3.8, 4) is 17.3 Å². The minimum Gasteiger partial charge on any atom is -0.479 e. The lowest BCUT2D eigenvalue weighted by molar-refractivity contribution is -0.113. The molecule has 0 bridgehead atoms. The first-order valence-corrected chi connectivity index (χ1v) is 9.92. The highest BCUT2D eigenvalue weighted by molar-refractivity contribution is 7.99. The third kappa shape index (κ3) is 4.36. The van der Waals surface area contributed by atoms with E-state index in [1.807, 2.05) is 50.7 Å². The van der Waals surface area contributed by atoms with Crippen molar-refractivity contribution < 1.29 is 9.53 Å². The largest absolute Gasteiger partial charge is 0.479 e. The van der Waals surface area contributed by atoms with Gasteiger partial charge >= 0.3 is 0 Å². The molecule has 3 aromatic rings. The van der Waals surface area contributed by atoms with E-state index in [0.29, 0.717) is 23.4 Å². The number of nitrogens with one attached hydrogen (secondary N) is 1. The van der Waals surface area contributed by atoms with Crippen LogP contribution in [0.15, 0.2) is 29.6 Å². The van der Waals surface area contributed by atoms with Crippen molar-refractivity contribution in [1.29, 1.82) is 0 Å². The maximum atomic E-state index is 12.4. The van der Waals surface area contributed by atoms with Crippen molar-refractivity contribution in [3.63, 3.8) is 0 Å². The van der Waals surface area contributed by atoms with Gasteiger partial charge in [0.15, 0.2) is 11.0 Å². The number of nitrogens with zero attached hydrogens (tertiary/aromatic N) is 5. The average molecular weight is 401 g/mol. The summed E-state index contributed by atoms with van der Waals surface area (Å²) < 4.78 is 8.96. The van der Waals surface area contributed by atoms with Crippen LogP contribution in [-0.2, 0) is 18.4 Å². The van der Waals surface area contributed by atoms with Gasteiger partial charge in [0.1, 0.15) is 5.56 Å². The highest BCUT2D eigenvalue weighted by Crippen LogP contribution is 2.30. The van der Waals surface area contributed by atoms with Crippen LogP contribution in [0.2, 0.25) is 0 Å². The molecule has 148 valence electrons. The van der Waals surface area contributed by atoms with Crippen LogP contribution in [0.5, 0.6) is 5.88 Å². The van der Waals surface area contributed by atoms with Gasteiger partial charge in [-0.05, 0) is 44.0 Å². The first-order valence-electron chi connectivity index (χ1n) is 8.93. The Balaban J connectivity index is 1.72. The third-order valence-electron chi connectivity index (χ3n) is 4.10. The van der Waals surface area contributed by atoms with Crippen LogP contribution in [0, 0.1) is 13.8 Å². The number of hydrogen-bond donors (Lipinski definition) is 1. The summed E-state index contributed by atoms with van der Waals surface area (Å²) >= 11 is 1.35. The summed E-state index contributed by atoms with van der Waals surface area (Å²) in [5.41, 5.74) is 3.80. The number of anilines is 1. The number of amides is 1. The van der Waals surface area contributed by atoms with Gasteiger partial charge in [-0.2, -0.15) is 0 Å². The normalized spacial score (nSPS) is 10.9. The van der Waals surface area contributed by atoms with Gasteiger partial charge in [0, 0.05) is 25.5 Å². The van der Waals surface area contributed by atoms with Crippen LogP contribution < -0.4 is 10.1 Å². The molecular weight excluding hydrogens is 376 g/mol. The number of benzene rings is 1. The van der Waals surface area contributed by atoms with Gasteiger partial charge in [-0.3, -0.25) is 9.48 Å². The molecule has 0 aliphatic carbocycles. The molecule has 0 fully saturated rings. The molecule has 0 atom stereocenters. The first-order chi connectivity index (χ1) is 13.4. The Labute approximate surface area is 168 Å². The number of carbonyl (C=O) groups excluding carboxylic acids is 1. The molecule has 1 aromatic carbocycles. The maximum absolute atomic E-state index is 12.4. The fourth-order valence-corrected chi connectivity index (χ4v) is 3.83. The molecular formula is C19H24N6O2S. The van der Waals surface area contributed by atoms with E-state index in [1.165, 1.54) is 11.8 Å². The monoisotopic (exact) mass is 400 g/mol. The van der Waals surface area contributed by atoms with Crippen LogP contribution in [0.25, 0.3) is 11.4 Å². The quantitative estimate of drug-likeness (QED) is 0.614. The summed E-state index contributed by atoms with van der Waals surface area (Å²) in [6, 6.07) is 5.98. The van der Waals surface area contributed by atoms with Crippen molar-refractivity contribution >= 4 is 23.4 Å². The number of aromatic nitrogens is 5. The van der Waals surface area contributed by atoms with Gasteiger partial charge in [-0.15, -0.1) is 15.3 Å². The molecule has 2 heterocycles. The van der Waals surface area contributed by atoms with Crippen molar-refractivity contribution in [3.05, 3.63) is 35.5 Å². The lowest BCUT2D eigenvalue weighted by Gasteiger charge is -2.09. The SMILES string of the molecule is CCn1c(SCC(=O)Nc2cc(C)cc(C)c2)nnc1-c1cn(C)nc1OC. The Morgan fingerprint density at radius 1 is 1.21 bits per heavy atom. The highest BCUT2D eigenvalue weighted by atomic mass is 32.2.